The molecule has 0 saturated heterocycles. The first-order valence-electron chi connectivity index (χ1n) is 6.10. The Balaban J connectivity index is 1.82. The van der Waals surface area contributed by atoms with Crippen molar-refractivity contribution in [1.82, 2.24) is 14.7 Å². The number of benzene rings is 1. The van der Waals surface area contributed by atoms with Crippen molar-refractivity contribution in [1.29, 1.82) is 0 Å². The van der Waals surface area contributed by atoms with Gasteiger partial charge in [-0.3, -0.25) is 9.48 Å². The molecule has 1 aliphatic rings. The van der Waals surface area contributed by atoms with Crippen molar-refractivity contribution in [3.63, 3.8) is 0 Å². The maximum absolute atomic E-state index is 12.3. The Labute approximate surface area is 106 Å². The lowest BCUT2D eigenvalue weighted by Gasteiger charge is -2.28. The average Bonchev–Trinajstić information content (AvgIpc) is 2.84. The molecule has 18 heavy (non-hydrogen) atoms. The second-order valence-corrected chi connectivity index (χ2v) is 4.62. The lowest BCUT2D eigenvalue weighted by molar-refractivity contribution is 0.0728. The van der Waals surface area contributed by atoms with E-state index in [0.29, 0.717) is 12.2 Å². The highest BCUT2D eigenvalue weighted by molar-refractivity contribution is 5.92. The summed E-state index contributed by atoms with van der Waals surface area (Å²) in [5.41, 5.74) is 3.12. The summed E-state index contributed by atoms with van der Waals surface area (Å²) in [4.78, 5) is 14.1. The number of carbonyl (C=O) groups excluding carboxylic acids is 1. The number of fused-ring (bicyclic) bond motifs is 1. The summed E-state index contributed by atoms with van der Waals surface area (Å²) < 4.78 is 1.66. The van der Waals surface area contributed by atoms with Crippen LogP contribution in [0.1, 0.15) is 21.6 Å². The Morgan fingerprint density at radius 1 is 1.22 bits per heavy atom. The highest BCUT2D eigenvalue weighted by Gasteiger charge is 2.22. The van der Waals surface area contributed by atoms with Gasteiger partial charge in [0.1, 0.15) is 5.69 Å². The van der Waals surface area contributed by atoms with E-state index < -0.39 is 0 Å². The van der Waals surface area contributed by atoms with Crippen LogP contribution in [0.25, 0.3) is 0 Å². The minimum Gasteiger partial charge on any atom is -0.333 e. The van der Waals surface area contributed by atoms with Crippen LogP contribution in [0.15, 0.2) is 36.5 Å². The molecule has 0 saturated carbocycles. The minimum atomic E-state index is 0.0186. The highest BCUT2D eigenvalue weighted by Crippen LogP contribution is 2.19. The summed E-state index contributed by atoms with van der Waals surface area (Å²) in [7, 11) is 1.82. The van der Waals surface area contributed by atoms with Crippen LogP contribution in [0.5, 0.6) is 0 Å². The minimum absolute atomic E-state index is 0.0186. The fourth-order valence-electron chi connectivity index (χ4n) is 2.36. The lowest BCUT2D eigenvalue weighted by Crippen LogP contribution is -2.36. The van der Waals surface area contributed by atoms with Gasteiger partial charge < -0.3 is 4.90 Å². The Kier molecular flexibility index (Phi) is 2.63. The quantitative estimate of drug-likeness (QED) is 0.761. The van der Waals surface area contributed by atoms with E-state index in [9.17, 15) is 4.79 Å². The van der Waals surface area contributed by atoms with Crippen LogP contribution in [0.2, 0.25) is 0 Å². The van der Waals surface area contributed by atoms with Gasteiger partial charge in [0.05, 0.1) is 0 Å². The van der Waals surface area contributed by atoms with E-state index in [1.165, 1.54) is 11.1 Å². The van der Waals surface area contributed by atoms with Gasteiger partial charge in [-0.1, -0.05) is 24.3 Å². The van der Waals surface area contributed by atoms with Crippen molar-refractivity contribution in [3.8, 4) is 0 Å². The molecular formula is C14H15N3O. The van der Waals surface area contributed by atoms with E-state index in [1.807, 2.05) is 18.0 Å². The lowest BCUT2D eigenvalue weighted by atomic mass is 10.00. The molecule has 0 N–H and O–H groups in total. The molecule has 2 aromatic rings. The highest BCUT2D eigenvalue weighted by atomic mass is 16.2. The summed E-state index contributed by atoms with van der Waals surface area (Å²) in [5.74, 6) is 0.0186. The topological polar surface area (TPSA) is 38.1 Å². The van der Waals surface area contributed by atoms with Crippen LogP contribution < -0.4 is 0 Å². The number of aromatic nitrogens is 2. The molecule has 0 atom stereocenters. The van der Waals surface area contributed by atoms with Crippen molar-refractivity contribution in [2.75, 3.05) is 6.54 Å². The summed E-state index contributed by atoms with van der Waals surface area (Å²) in [6, 6.07) is 10.1. The molecule has 0 bridgehead atoms. The predicted molar refractivity (Wildman–Crippen MR) is 68.1 cm³/mol. The van der Waals surface area contributed by atoms with E-state index >= 15 is 0 Å². The number of hydrogen-bond donors (Lipinski definition) is 0. The Morgan fingerprint density at radius 2 is 2.00 bits per heavy atom. The fourth-order valence-corrected chi connectivity index (χ4v) is 2.36. The molecule has 4 heteroatoms. The van der Waals surface area contributed by atoms with Crippen molar-refractivity contribution in [3.05, 3.63) is 53.3 Å². The molecule has 1 aromatic heterocycles. The zero-order valence-corrected chi connectivity index (χ0v) is 10.3. The molecule has 0 unspecified atom stereocenters. The van der Waals surface area contributed by atoms with Gasteiger partial charge in [-0.15, -0.1) is 0 Å². The number of carbonyl (C=O) groups is 1. The number of nitrogens with zero attached hydrogens (tertiary/aromatic N) is 3. The Bertz CT molecular complexity index is 588. The number of aryl methyl sites for hydroxylation is 1. The van der Waals surface area contributed by atoms with Gasteiger partial charge in [0.25, 0.3) is 5.91 Å². The molecule has 0 aliphatic carbocycles. The molecule has 4 nitrogen and oxygen atoms in total. The third-order valence-corrected chi connectivity index (χ3v) is 3.35. The molecule has 0 radical (unpaired) electrons. The van der Waals surface area contributed by atoms with Crippen LogP contribution in [0, 0.1) is 0 Å². The van der Waals surface area contributed by atoms with Crippen LogP contribution in [0.4, 0.5) is 0 Å². The number of amides is 1. The molecule has 0 fully saturated rings. The van der Waals surface area contributed by atoms with Gasteiger partial charge in [-0.2, -0.15) is 5.10 Å². The fraction of sp³-hybridized carbons (Fsp3) is 0.286. The predicted octanol–water partition coefficient (Wildman–Crippen LogP) is 1.62. The van der Waals surface area contributed by atoms with Crippen LogP contribution >= 0.6 is 0 Å². The molecule has 1 aromatic carbocycles. The van der Waals surface area contributed by atoms with Gasteiger partial charge in [0, 0.05) is 26.3 Å². The number of hydrogen-bond acceptors (Lipinski definition) is 2. The van der Waals surface area contributed by atoms with Crippen molar-refractivity contribution in [2.45, 2.75) is 13.0 Å². The molecule has 0 spiro atoms. The standard InChI is InChI=1S/C14H15N3O/c1-16-8-7-13(15-16)14(18)17-9-6-11-4-2-3-5-12(11)10-17/h2-5,7-8H,6,9-10H2,1H3. The van der Waals surface area contributed by atoms with Crippen LogP contribution in [0.3, 0.4) is 0 Å². The van der Waals surface area contributed by atoms with E-state index in [4.69, 9.17) is 0 Å². The van der Waals surface area contributed by atoms with Gasteiger partial charge >= 0.3 is 0 Å². The number of rotatable bonds is 1. The van der Waals surface area contributed by atoms with E-state index in [2.05, 4.69) is 23.3 Å². The molecule has 92 valence electrons. The third kappa shape index (κ3) is 1.90. The monoisotopic (exact) mass is 241 g/mol. The summed E-state index contributed by atoms with van der Waals surface area (Å²) in [5, 5.41) is 4.17. The molecule has 3 rings (SSSR count). The van der Waals surface area contributed by atoms with E-state index in [0.717, 1.165) is 13.0 Å². The van der Waals surface area contributed by atoms with Gasteiger partial charge in [0.15, 0.2) is 0 Å². The maximum atomic E-state index is 12.3. The summed E-state index contributed by atoms with van der Waals surface area (Å²) in [6.45, 7) is 1.46. The first-order valence-corrected chi connectivity index (χ1v) is 6.10. The van der Waals surface area contributed by atoms with Gasteiger partial charge in [0.2, 0.25) is 0 Å². The molecule has 1 amide bonds. The normalized spacial score (nSPS) is 14.4. The van der Waals surface area contributed by atoms with Gasteiger partial charge in [-0.05, 0) is 23.6 Å². The van der Waals surface area contributed by atoms with E-state index in [1.54, 1.807) is 16.9 Å². The largest absolute Gasteiger partial charge is 0.333 e. The Hall–Kier alpha value is -2.10. The molecular weight excluding hydrogens is 226 g/mol. The van der Waals surface area contributed by atoms with Crippen molar-refractivity contribution in [2.24, 2.45) is 7.05 Å². The van der Waals surface area contributed by atoms with Crippen molar-refractivity contribution < 1.29 is 4.79 Å². The summed E-state index contributed by atoms with van der Waals surface area (Å²) in [6.07, 6.45) is 2.72. The van der Waals surface area contributed by atoms with Crippen LogP contribution in [-0.4, -0.2) is 27.1 Å². The second kappa shape index (κ2) is 4.29. The zero-order valence-electron chi connectivity index (χ0n) is 10.3. The van der Waals surface area contributed by atoms with Crippen LogP contribution in [-0.2, 0) is 20.0 Å². The summed E-state index contributed by atoms with van der Waals surface area (Å²) >= 11 is 0. The van der Waals surface area contributed by atoms with E-state index in [-0.39, 0.29) is 5.91 Å². The zero-order chi connectivity index (χ0) is 12.5. The first-order chi connectivity index (χ1) is 8.74. The van der Waals surface area contributed by atoms with Crippen molar-refractivity contribution >= 4 is 5.91 Å². The maximum Gasteiger partial charge on any atom is 0.274 e. The first kappa shape index (κ1) is 11.0. The second-order valence-electron chi connectivity index (χ2n) is 4.62. The third-order valence-electron chi connectivity index (χ3n) is 3.35. The Morgan fingerprint density at radius 3 is 2.72 bits per heavy atom. The average molecular weight is 241 g/mol. The SMILES string of the molecule is Cn1ccc(C(=O)N2CCc3ccccc3C2)n1. The van der Waals surface area contributed by atoms with Gasteiger partial charge in [-0.25, -0.2) is 0 Å². The molecule has 1 aliphatic heterocycles. The smallest absolute Gasteiger partial charge is 0.274 e. The molecule has 2 heterocycles.